The molecule has 1 aromatic carbocycles. The summed E-state index contributed by atoms with van der Waals surface area (Å²) in [5, 5.41) is 5.13. The van der Waals surface area contributed by atoms with E-state index in [4.69, 9.17) is 5.14 Å². The molecule has 1 heterocycles. The second kappa shape index (κ2) is 3.54. The van der Waals surface area contributed by atoms with Gasteiger partial charge >= 0.3 is 0 Å². The fourth-order valence-corrected chi connectivity index (χ4v) is 2.91. The van der Waals surface area contributed by atoms with Crippen LogP contribution in [-0.4, -0.2) is 32.7 Å². The van der Waals surface area contributed by atoms with Gasteiger partial charge in [0.05, 0.1) is 23.8 Å². The third kappa shape index (κ3) is 1.73. The van der Waals surface area contributed by atoms with E-state index in [9.17, 15) is 8.42 Å². The SMILES string of the molecule is NS(=O)(=O)c1ccc2c(c1)C(N1C=NCC1)C2. The monoisotopic (exact) mass is 251 g/mol. The molecule has 17 heavy (non-hydrogen) atoms. The standard InChI is InChI=1S/C11H13N3O2S/c12-17(15,16)9-2-1-8-5-11(10(8)6-9)14-4-3-13-7-14/h1-2,6-7,11H,3-5H2,(H2,12,15,16). The van der Waals surface area contributed by atoms with Gasteiger partial charge < -0.3 is 4.90 Å². The average Bonchev–Trinajstić information content (AvgIpc) is 2.71. The van der Waals surface area contributed by atoms with Crippen molar-refractivity contribution in [3.05, 3.63) is 29.3 Å². The van der Waals surface area contributed by atoms with Gasteiger partial charge in [-0.15, -0.1) is 0 Å². The quantitative estimate of drug-likeness (QED) is 0.820. The Morgan fingerprint density at radius 1 is 1.41 bits per heavy atom. The average molecular weight is 251 g/mol. The van der Waals surface area contributed by atoms with Crippen LogP contribution in [-0.2, 0) is 16.4 Å². The molecule has 1 unspecified atom stereocenters. The Morgan fingerprint density at radius 2 is 2.24 bits per heavy atom. The summed E-state index contributed by atoms with van der Waals surface area (Å²) in [6.45, 7) is 1.73. The lowest BCUT2D eigenvalue weighted by Gasteiger charge is -2.37. The van der Waals surface area contributed by atoms with Gasteiger partial charge in [-0.3, -0.25) is 4.99 Å². The first-order chi connectivity index (χ1) is 8.05. The molecular weight excluding hydrogens is 238 g/mol. The van der Waals surface area contributed by atoms with Crippen molar-refractivity contribution in [3.8, 4) is 0 Å². The lowest BCUT2D eigenvalue weighted by atomic mass is 9.82. The third-order valence-corrected chi connectivity index (χ3v) is 4.25. The van der Waals surface area contributed by atoms with Gasteiger partial charge in [0.2, 0.25) is 10.0 Å². The maximum atomic E-state index is 11.3. The number of rotatable bonds is 2. The minimum atomic E-state index is -3.61. The first-order valence-corrected chi connectivity index (χ1v) is 7.02. The highest BCUT2D eigenvalue weighted by Crippen LogP contribution is 2.38. The van der Waals surface area contributed by atoms with Crippen molar-refractivity contribution >= 4 is 16.4 Å². The molecule has 0 amide bonds. The van der Waals surface area contributed by atoms with E-state index in [2.05, 4.69) is 9.89 Å². The highest BCUT2D eigenvalue weighted by Gasteiger charge is 2.32. The van der Waals surface area contributed by atoms with Gasteiger partial charge in [-0.1, -0.05) is 6.07 Å². The molecule has 0 saturated heterocycles. The van der Waals surface area contributed by atoms with Crippen molar-refractivity contribution in [1.29, 1.82) is 0 Å². The Bertz CT molecular complexity index is 595. The number of aliphatic imine (C=N–C) groups is 1. The van der Waals surface area contributed by atoms with Crippen molar-refractivity contribution in [2.45, 2.75) is 17.4 Å². The molecule has 90 valence electrons. The van der Waals surface area contributed by atoms with Crippen LogP contribution in [0.2, 0.25) is 0 Å². The Hall–Kier alpha value is -1.40. The van der Waals surface area contributed by atoms with Crippen molar-refractivity contribution in [1.82, 2.24) is 4.90 Å². The molecule has 2 N–H and O–H groups in total. The van der Waals surface area contributed by atoms with E-state index in [0.717, 1.165) is 25.1 Å². The van der Waals surface area contributed by atoms with Crippen LogP contribution in [0.4, 0.5) is 0 Å². The minimum Gasteiger partial charge on any atom is -0.354 e. The molecule has 2 aliphatic rings. The summed E-state index contributed by atoms with van der Waals surface area (Å²) in [7, 11) is -3.61. The molecule has 5 nitrogen and oxygen atoms in total. The Morgan fingerprint density at radius 3 is 2.88 bits per heavy atom. The van der Waals surface area contributed by atoms with Gasteiger partial charge in [-0.25, -0.2) is 13.6 Å². The Kier molecular flexibility index (Phi) is 2.24. The second-order valence-corrected chi connectivity index (χ2v) is 5.95. The lowest BCUT2D eigenvalue weighted by molar-refractivity contribution is 0.316. The molecule has 1 aliphatic heterocycles. The summed E-state index contributed by atoms with van der Waals surface area (Å²) >= 11 is 0. The molecule has 1 atom stereocenters. The Balaban J connectivity index is 1.95. The number of hydrogen-bond donors (Lipinski definition) is 1. The minimum absolute atomic E-state index is 0.192. The summed E-state index contributed by atoms with van der Waals surface area (Å²) < 4.78 is 22.6. The van der Waals surface area contributed by atoms with Crippen LogP contribution in [0.25, 0.3) is 0 Å². The number of fused-ring (bicyclic) bond motifs is 1. The molecule has 0 spiro atoms. The summed E-state index contributed by atoms with van der Waals surface area (Å²) in [6, 6.07) is 5.37. The fourth-order valence-electron chi connectivity index (χ4n) is 2.36. The van der Waals surface area contributed by atoms with Crippen LogP contribution >= 0.6 is 0 Å². The summed E-state index contributed by atoms with van der Waals surface area (Å²) in [4.78, 5) is 6.51. The smallest absolute Gasteiger partial charge is 0.238 e. The van der Waals surface area contributed by atoms with E-state index in [-0.39, 0.29) is 10.9 Å². The first kappa shape index (κ1) is 10.7. The normalized spacial score (nSPS) is 22.4. The molecule has 0 fully saturated rings. The van der Waals surface area contributed by atoms with Gasteiger partial charge in [0.1, 0.15) is 0 Å². The van der Waals surface area contributed by atoms with Crippen molar-refractivity contribution in [2.75, 3.05) is 13.1 Å². The summed E-state index contributed by atoms with van der Waals surface area (Å²) in [6.07, 6.45) is 2.80. The van der Waals surface area contributed by atoms with Gasteiger partial charge in [-0.2, -0.15) is 0 Å². The van der Waals surface area contributed by atoms with E-state index >= 15 is 0 Å². The predicted molar refractivity (Wildman–Crippen MR) is 64.3 cm³/mol. The van der Waals surface area contributed by atoms with Crippen molar-refractivity contribution in [2.24, 2.45) is 10.1 Å². The maximum Gasteiger partial charge on any atom is 0.238 e. The highest BCUT2D eigenvalue weighted by atomic mass is 32.2. The number of benzene rings is 1. The zero-order valence-corrected chi connectivity index (χ0v) is 10.0. The van der Waals surface area contributed by atoms with E-state index in [1.54, 1.807) is 12.1 Å². The second-order valence-electron chi connectivity index (χ2n) is 4.39. The maximum absolute atomic E-state index is 11.3. The molecule has 0 radical (unpaired) electrons. The molecular formula is C11H13N3O2S. The van der Waals surface area contributed by atoms with Crippen LogP contribution in [0.3, 0.4) is 0 Å². The molecule has 1 aliphatic carbocycles. The van der Waals surface area contributed by atoms with Crippen LogP contribution in [0, 0.1) is 0 Å². The molecule has 0 saturated carbocycles. The van der Waals surface area contributed by atoms with E-state index in [1.165, 1.54) is 5.56 Å². The van der Waals surface area contributed by atoms with Gasteiger partial charge in [0, 0.05) is 6.54 Å². The predicted octanol–water partition coefficient (Wildman–Crippen LogP) is 0.275. The van der Waals surface area contributed by atoms with Gasteiger partial charge in [0.25, 0.3) is 0 Å². The molecule has 6 heteroatoms. The van der Waals surface area contributed by atoms with Crippen LogP contribution in [0.1, 0.15) is 17.2 Å². The molecule has 3 rings (SSSR count). The summed E-state index contributed by atoms with van der Waals surface area (Å²) in [5.41, 5.74) is 2.26. The zero-order valence-electron chi connectivity index (χ0n) is 9.20. The number of primary sulfonamides is 1. The largest absolute Gasteiger partial charge is 0.354 e. The van der Waals surface area contributed by atoms with Crippen LogP contribution in [0.5, 0.6) is 0 Å². The van der Waals surface area contributed by atoms with Gasteiger partial charge in [0.15, 0.2) is 0 Å². The zero-order chi connectivity index (χ0) is 12.0. The van der Waals surface area contributed by atoms with Crippen LogP contribution < -0.4 is 5.14 Å². The third-order valence-electron chi connectivity index (χ3n) is 3.34. The molecule has 0 bridgehead atoms. The topological polar surface area (TPSA) is 75.8 Å². The molecule has 0 aromatic heterocycles. The van der Waals surface area contributed by atoms with Crippen molar-refractivity contribution < 1.29 is 8.42 Å². The summed E-state index contributed by atoms with van der Waals surface area (Å²) in [5.74, 6) is 0. The van der Waals surface area contributed by atoms with Gasteiger partial charge in [-0.05, 0) is 29.7 Å². The fraction of sp³-hybridized carbons (Fsp3) is 0.364. The van der Waals surface area contributed by atoms with Crippen molar-refractivity contribution in [3.63, 3.8) is 0 Å². The number of nitrogens with two attached hydrogens (primary N) is 1. The van der Waals surface area contributed by atoms with E-state index in [0.29, 0.717) is 0 Å². The number of sulfonamides is 1. The van der Waals surface area contributed by atoms with E-state index in [1.807, 2.05) is 12.4 Å². The van der Waals surface area contributed by atoms with E-state index < -0.39 is 10.0 Å². The first-order valence-electron chi connectivity index (χ1n) is 5.47. The lowest BCUT2D eigenvalue weighted by Crippen LogP contribution is -2.34. The molecule has 1 aromatic rings. The number of hydrogen-bond acceptors (Lipinski definition) is 4. The number of nitrogens with zero attached hydrogens (tertiary/aromatic N) is 2. The van der Waals surface area contributed by atoms with Crippen LogP contribution in [0.15, 0.2) is 28.1 Å². The Labute approximate surface area is 100 Å². The highest BCUT2D eigenvalue weighted by molar-refractivity contribution is 7.89.